The first kappa shape index (κ1) is 9.45. The molecule has 1 aromatic heterocycles. The third-order valence-corrected chi connectivity index (χ3v) is 1.56. The minimum Gasteiger partial charge on any atom is -0.394 e. The lowest BCUT2D eigenvalue weighted by Crippen LogP contribution is -1.92. The molecule has 0 aliphatic carbocycles. The number of nitrogens with two attached hydrogens (primary N) is 1. The Hall–Kier alpha value is -0.550. The van der Waals surface area contributed by atoms with Crippen molar-refractivity contribution in [3.05, 3.63) is 11.0 Å². The molecule has 0 saturated heterocycles. The van der Waals surface area contributed by atoms with Gasteiger partial charge in [0, 0.05) is 0 Å². The van der Waals surface area contributed by atoms with Gasteiger partial charge < -0.3 is 10.7 Å². The van der Waals surface area contributed by atoms with Crippen LogP contribution in [-0.2, 0) is 0 Å². The van der Waals surface area contributed by atoms with Crippen LogP contribution >= 0.6 is 24.8 Å². The Labute approximate surface area is 70.1 Å². The molecule has 3 nitrogen and oxygen atoms in total. The zero-order valence-electron chi connectivity index (χ0n) is 4.46. The summed E-state index contributed by atoms with van der Waals surface area (Å²) in [6.45, 7) is 0. The summed E-state index contributed by atoms with van der Waals surface area (Å²) < 4.78 is 0.481. The van der Waals surface area contributed by atoms with E-state index in [1.807, 2.05) is 0 Å². The van der Waals surface area contributed by atoms with Crippen molar-refractivity contribution in [2.24, 2.45) is 0 Å². The average Bonchev–Trinajstić information content (AvgIpc) is 1.83. The van der Waals surface area contributed by atoms with Crippen LogP contribution in [0, 0.1) is 4.64 Å². The molecular formula is C5H9N3S2. The lowest BCUT2D eigenvalue weighted by molar-refractivity contribution is 1.05. The smallest absolute Gasteiger partial charge is 0.130 e. The maximum absolute atomic E-state index is 5.41. The van der Waals surface area contributed by atoms with Crippen LogP contribution in [0.2, 0.25) is 0 Å². The standard InChI is InChI=1S/C4H5N3S2.CH4/c5-2-3(8)6-1-7-4(2)9;/h1H,5H2,(H2,6,7,8,9);1H4. The summed E-state index contributed by atoms with van der Waals surface area (Å²) in [5.41, 5.74) is 5.83. The van der Waals surface area contributed by atoms with E-state index in [2.05, 4.69) is 22.6 Å². The van der Waals surface area contributed by atoms with Crippen LogP contribution in [0.25, 0.3) is 0 Å². The summed E-state index contributed by atoms with van der Waals surface area (Å²) in [5, 5.41) is 0.471. The Bertz CT molecular complexity index is 268. The predicted octanol–water partition coefficient (Wildman–Crippen LogP) is 1.65. The number of nitrogens with one attached hydrogen (secondary N) is 1. The van der Waals surface area contributed by atoms with E-state index in [1.165, 1.54) is 6.33 Å². The van der Waals surface area contributed by atoms with E-state index in [-0.39, 0.29) is 7.43 Å². The van der Waals surface area contributed by atoms with E-state index >= 15 is 0 Å². The number of hydrogen-bond donors (Lipinski definition) is 3. The normalized spacial score (nSPS) is 8.50. The van der Waals surface area contributed by atoms with Crippen molar-refractivity contribution < 1.29 is 0 Å². The molecule has 0 bridgehead atoms. The van der Waals surface area contributed by atoms with E-state index in [1.54, 1.807) is 0 Å². The monoisotopic (exact) mass is 175 g/mol. The van der Waals surface area contributed by atoms with Crippen LogP contribution in [0.1, 0.15) is 7.43 Å². The third kappa shape index (κ3) is 1.71. The van der Waals surface area contributed by atoms with Gasteiger partial charge in [0.15, 0.2) is 0 Å². The van der Waals surface area contributed by atoms with Crippen LogP contribution in [0.5, 0.6) is 0 Å². The molecule has 0 unspecified atom stereocenters. The van der Waals surface area contributed by atoms with Crippen LogP contribution in [0.3, 0.4) is 0 Å². The van der Waals surface area contributed by atoms with Gasteiger partial charge in [0.05, 0.1) is 12.0 Å². The van der Waals surface area contributed by atoms with Crippen LogP contribution < -0.4 is 5.73 Å². The molecule has 1 rings (SSSR count). The number of hydrogen-bond acceptors (Lipinski definition) is 4. The second-order valence-electron chi connectivity index (χ2n) is 1.47. The van der Waals surface area contributed by atoms with Crippen molar-refractivity contribution in [1.29, 1.82) is 0 Å². The molecule has 0 radical (unpaired) electrons. The molecule has 0 spiro atoms. The van der Waals surface area contributed by atoms with Crippen molar-refractivity contribution in [2.45, 2.75) is 12.5 Å². The zero-order chi connectivity index (χ0) is 6.85. The van der Waals surface area contributed by atoms with Gasteiger partial charge >= 0.3 is 0 Å². The molecule has 56 valence electrons. The van der Waals surface area contributed by atoms with Gasteiger partial charge in [-0.1, -0.05) is 19.6 Å². The molecule has 10 heavy (non-hydrogen) atoms. The Kier molecular flexibility index (Phi) is 3.38. The fourth-order valence-electron chi connectivity index (χ4n) is 0.401. The Morgan fingerprint density at radius 1 is 1.70 bits per heavy atom. The second-order valence-corrected chi connectivity index (χ2v) is 2.30. The number of rotatable bonds is 0. The molecule has 0 aliphatic heterocycles. The lowest BCUT2D eigenvalue weighted by Gasteiger charge is -1.93. The highest BCUT2D eigenvalue weighted by atomic mass is 32.1. The maximum Gasteiger partial charge on any atom is 0.130 e. The predicted molar refractivity (Wildman–Crippen MR) is 47.8 cm³/mol. The number of thiol groups is 1. The summed E-state index contributed by atoms with van der Waals surface area (Å²) >= 11 is 8.72. The van der Waals surface area contributed by atoms with E-state index in [4.69, 9.17) is 18.0 Å². The SMILES string of the molecule is C.Nc1c(S)nc[nH]c1=S. The van der Waals surface area contributed by atoms with E-state index in [0.29, 0.717) is 15.4 Å². The highest BCUT2D eigenvalue weighted by Crippen LogP contribution is 2.10. The summed E-state index contributed by atoms with van der Waals surface area (Å²) in [6, 6.07) is 0. The molecular weight excluding hydrogens is 166 g/mol. The molecule has 0 atom stereocenters. The Morgan fingerprint density at radius 2 is 2.30 bits per heavy atom. The Balaban J connectivity index is 0.000000810. The molecule has 5 heteroatoms. The first-order valence-corrected chi connectivity index (χ1v) is 3.09. The first-order chi connectivity index (χ1) is 4.22. The molecule has 3 N–H and O–H groups in total. The largest absolute Gasteiger partial charge is 0.394 e. The number of H-pyrrole nitrogens is 1. The summed E-state index contributed by atoms with van der Waals surface area (Å²) in [7, 11) is 0. The van der Waals surface area contributed by atoms with Gasteiger partial charge in [-0.3, -0.25) is 0 Å². The number of aromatic nitrogens is 2. The molecule has 0 fully saturated rings. The van der Waals surface area contributed by atoms with Crippen LogP contribution in [0.15, 0.2) is 11.4 Å². The van der Waals surface area contributed by atoms with Gasteiger partial charge in [-0.15, -0.1) is 12.6 Å². The zero-order valence-corrected chi connectivity index (χ0v) is 6.17. The summed E-state index contributed by atoms with van der Waals surface area (Å²) in [6.07, 6.45) is 1.46. The number of nitrogen functional groups attached to an aromatic ring is 1. The Morgan fingerprint density at radius 3 is 2.70 bits per heavy atom. The summed E-state index contributed by atoms with van der Waals surface area (Å²) in [5.74, 6) is 0. The van der Waals surface area contributed by atoms with E-state index < -0.39 is 0 Å². The van der Waals surface area contributed by atoms with Gasteiger partial charge in [-0.25, -0.2) is 4.98 Å². The fourth-order valence-corrected chi connectivity index (χ4v) is 0.795. The van der Waals surface area contributed by atoms with Crippen molar-refractivity contribution in [1.82, 2.24) is 9.97 Å². The maximum atomic E-state index is 5.41. The molecule has 0 aliphatic rings. The molecule has 1 heterocycles. The van der Waals surface area contributed by atoms with Crippen LogP contribution in [-0.4, -0.2) is 9.97 Å². The number of anilines is 1. The van der Waals surface area contributed by atoms with Gasteiger partial charge in [0.25, 0.3) is 0 Å². The van der Waals surface area contributed by atoms with Crippen molar-refractivity contribution in [3.8, 4) is 0 Å². The van der Waals surface area contributed by atoms with Gasteiger partial charge in [0.1, 0.15) is 9.67 Å². The number of nitrogens with zero attached hydrogens (tertiary/aromatic N) is 1. The third-order valence-electron chi connectivity index (χ3n) is 0.868. The van der Waals surface area contributed by atoms with E-state index in [0.717, 1.165) is 0 Å². The van der Waals surface area contributed by atoms with Gasteiger partial charge in [0.2, 0.25) is 0 Å². The summed E-state index contributed by atoms with van der Waals surface area (Å²) in [4.78, 5) is 6.43. The molecule has 0 saturated carbocycles. The van der Waals surface area contributed by atoms with Crippen molar-refractivity contribution in [3.63, 3.8) is 0 Å². The van der Waals surface area contributed by atoms with Gasteiger partial charge in [-0.2, -0.15) is 0 Å². The van der Waals surface area contributed by atoms with Crippen molar-refractivity contribution in [2.75, 3.05) is 5.73 Å². The molecule has 0 aromatic carbocycles. The first-order valence-electron chi connectivity index (χ1n) is 2.24. The molecule has 1 aromatic rings. The highest BCUT2D eigenvalue weighted by molar-refractivity contribution is 7.80. The van der Waals surface area contributed by atoms with E-state index in [9.17, 15) is 0 Å². The number of aromatic amines is 1. The minimum absolute atomic E-state index is 0. The van der Waals surface area contributed by atoms with Crippen LogP contribution in [0.4, 0.5) is 5.69 Å². The fraction of sp³-hybridized carbons (Fsp3) is 0.200. The topological polar surface area (TPSA) is 54.7 Å². The highest BCUT2D eigenvalue weighted by Gasteiger charge is 1.93. The minimum atomic E-state index is 0. The average molecular weight is 175 g/mol. The van der Waals surface area contributed by atoms with Crippen molar-refractivity contribution >= 4 is 30.5 Å². The quantitative estimate of drug-likeness (QED) is 0.319. The lowest BCUT2D eigenvalue weighted by atomic mass is 10.6. The second kappa shape index (κ2) is 3.58. The molecule has 0 amide bonds. The van der Waals surface area contributed by atoms with Gasteiger partial charge in [-0.05, 0) is 0 Å².